The van der Waals surface area contributed by atoms with Gasteiger partial charge in [-0.25, -0.2) is 0 Å². The Hall–Kier alpha value is -1.10. The maximum Gasteiger partial charge on any atom is 0.119 e. The van der Waals surface area contributed by atoms with Gasteiger partial charge in [0.05, 0.1) is 13.2 Å². The van der Waals surface area contributed by atoms with Crippen LogP contribution in [0, 0.1) is 0 Å². The molecule has 0 spiro atoms. The van der Waals surface area contributed by atoms with Gasteiger partial charge < -0.3 is 4.74 Å². The quantitative estimate of drug-likeness (QED) is 0.754. The van der Waals surface area contributed by atoms with Gasteiger partial charge in [0.2, 0.25) is 0 Å². The normalized spacial score (nSPS) is 12.8. The molecule has 0 heterocycles. The number of rotatable bonds is 6. The minimum absolute atomic E-state index is 0.0722. The highest BCUT2D eigenvalue weighted by Crippen LogP contribution is 2.15. The molecule has 0 bridgehead atoms. The molecule has 0 saturated carbocycles. The maximum absolute atomic E-state index is 9.19. The summed E-state index contributed by atoms with van der Waals surface area (Å²) in [5, 5.41) is 10.0. The first-order valence-corrected chi connectivity index (χ1v) is 5.41. The lowest BCUT2D eigenvalue weighted by atomic mass is 10.1. The number of benzene rings is 1. The lowest BCUT2D eigenvalue weighted by Crippen LogP contribution is -2.26. The topological polar surface area (TPSA) is 41.9 Å². The van der Waals surface area contributed by atoms with E-state index in [1.807, 2.05) is 38.1 Å². The first-order chi connectivity index (χ1) is 7.65. The van der Waals surface area contributed by atoms with Crippen molar-refractivity contribution in [2.45, 2.75) is 26.4 Å². The highest BCUT2D eigenvalue weighted by Gasteiger charge is 2.08. The van der Waals surface area contributed by atoms with E-state index < -0.39 is 0 Å². The van der Waals surface area contributed by atoms with Gasteiger partial charge in [0.1, 0.15) is 5.75 Å². The van der Waals surface area contributed by atoms with Crippen molar-refractivity contribution in [3.8, 4) is 5.75 Å². The second kappa shape index (κ2) is 6.48. The van der Waals surface area contributed by atoms with Gasteiger partial charge >= 0.3 is 0 Å². The third-order valence-electron chi connectivity index (χ3n) is 2.23. The second-order valence-corrected chi connectivity index (χ2v) is 3.64. The van der Waals surface area contributed by atoms with E-state index in [1.165, 1.54) is 0 Å². The van der Waals surface area contributed by atoms with Crippen LogP contribution in [-0.2, 0) is 11.3 Å². The van der Waals surface area contributed by atoms with Crippen LogP contribution in [-0.4, -0.2) is 30.2 Å². The number of hydrogen-bond donors (Lipinski definition) is 1. The van der Waals surface area contributed by atoms with Gasteiger partial charge in [0, 0.05) is 13.0 Å². The number of methoxy groups -OCH3 is 1. The van der Waals surface area contributed by atoms with Crippen LogP contribution in [0.3, 0.4) is 0 Å². The Bertz CT molecular complexity index is 317. The van der Waals surface area contributed by atoms with Crippen molar-refractivity contribution in [3.05, 3.63) is 29.8 Å². The molecular formula is C12H19NO3. The molecule has 1 rings (SSSR count). The van der Waals surface area contributed by atoms with E-state index >= 15 is 0 Å². The lowest BCUT2D eigenvalue weighted by Gasteiger charge is -2.18. The number of hydroxylamine groups is 2. The summed E-state index contributed by atoms with van der Waals surface area (Å²) >= 11 is 0. The lowest BCUT2D eigenvalue weighted by molar-refractivity contribution is -0.355. The number of nitrogens with zero attached hydrogens (tertiary/aromatic N) is 1. The standard InChI is InChI=1S/C12H19NO3/c1-4-13(14)16-10(2)8-11-6-5-7-12(9-11)15-3/h5-7,9-10,14H,4,8H2,1-3H3. The van der Waals surface area contributed by atoms with Gasteiger partial charge in [0.25, 0.3) is 0 Å². The average molecular weight is 225 g/mol. The Morgan fingerprint density at radius 2 is 2.19 bits per heavy atom. The molecule has 0 fully saturated rings. The molecule has 0 amide bonds. The van der Waals surface area contributed by atoms with E-state index in [2.05, 4.69) is 0 Å². The molecule has 1 unspecified atom stereocenters. The Morgan fingerprint density at radius 1 is 1.44 bits per heavy atom. The highest BCUT2D eigenvalue weighted by atomic mass is 16.9. The van der Waals surface area contributed by atoms with E-state index in [0.29, 0.717) is 6.54 Å². The summed E-state index contributed by atoms with van der Waals surface area (Å²) in [6.07, 6.45) is 0.658. The molecule has 0 aliphatic heterocycles. The molecule has 1 N–H and O–H groups in total. The fourth-order valence-corrected chi connectivity index (χ4v) is 1.45. The van der Waals surface area contributed by atoms with Crippen molar-refractivity contribution in [3.63, 3.8) is 0 Å². The molecule has 4 heteroatoms. The van der Waals surface area contributed by atoms with Crippen LogP contribution in [0.4, 0.5) is 0 Å². The maximum atomic E-state index is 9.19. The molecule has 0 aliphatic rings. The molecule has 0 saturated heterocycles. The molecule has 1 aromatic rings. The number of ether oxygens (including phenoxy) is 1. The fourth-order valence-electron chi connectivity index (χ4n) is 1.45. The molecule has 16 heavy (non-hydrogen) atoms. The van der Waals surface area contributed by atoms with Crippen molar-refractivity contribution in [2.75, 3.05) is 13.7 Å². The van der Waals surface area contributed by atoms with Crippen LogP contribution in [0.1, 0.15) is 19.4 Å². The molecule has 0 aliphatic carbocycles. The molecular weight excluding hydrogens is 206 g/mol. The van der Waals surface area contributed by atoms with Crippen molar-refractivity contribution in [2.24, 2.45) is 0 Å². The third-order valence-corrected chi connectivity index (χ3v) is 2.23. The van der Waals surface area contributed by atoms with Gasteiger partial charge in [0.15, 0.2) is 0 Å². The van der Waals surface area contributed by atoms with Gasteiger partial charge in [-0.15, -0.1) is 0 Å². The van der Waals surface area contributed by atoms with E-state index in [0.717, 1.165) is 23.0 Å². The zero-order valence-corrected chi connectivity index (χ0v) is 10.0. The monoisotopic (exact) mass is 225 g/mol. The molecule has 4 nitrogen and oxygen atoms in total. The molecule has 0 aromatic heterocycles. The summed E-state index contributed by atoms with van der Waals surface area (Å²) < 4.78 is 5.14. The first kappa shape index (κ1) is 13.0. The summed E-state index contributed by atoms with van der Waals surface area (Å²) in [5.74, 6) is 0.834. The predicted octanol–water partition coefficient (Wildman–Crippen LogP) is 2.27. The van der Waals surface area contributed by atoms with E-state index in [9.17, 15) is 5.21 Å². The molecule has 90 valence electrons. The summed E-state index contributed by atoms with van der Waals surface area (Å²) in [7, 11) is 1.64. The van der Waals surface area contributed by atoms with Gasteiger partial charge in [-0.3, -0.25) is 10.0 Å². The minimum Gasteiger partial charge on any atom is -0.497 e. The van der Waals surface area contributed by atoms with Crippen LogP contribution in [0.2, 0.25) is 0 Å². The van der Waals surface area contributed by atoms with Crippen LogP contribution in [0.15, 0.2) is 24.3 Å². The third kappa shape index (κ3) is 4.18. The smallest absolute Gasteiger partial charge is 0.119 e. The number of hydrogen-bond acceptors (Lipinski definition) is 4. The molecule has 1 atom stereocenters. The van der Waals surface area contributed by atoms with Crippen LogP contribution < -0.4 is 4.74 Å². The molecule has 0 radical (unpaired) electrons. The zero-order valence-electron chi connectivity index (χ0n) is 10.0. The Balaban J connectivity index is 2.51. The van der Waals surface area contributed by atoms with E-state index in [-0.39, 0.29) is 6.10 Å². The van der Waals surface area contributed by atoms with Gasteiger partial charge in [-0.1, -0.05) is 17.4 Å². The minimum atomic E-state index is -0.0722. The summed E-state index contributed by atoms with van der Waals surface area (Å²) in [6.45, 7) is 4.18. The zero-order chi connectivity index (χ0) is 12.0. The SMILES string of the molecule is CCN(O)OC(C)Cc1cccc(OC)c1. The Kier molecular flexibility index (Phi) is 5.25. The largest absolute Gasteiger partial charge is 0.497 e. The summed E-state index contributed by atoms with van der Waals surface area (Å²) in [5.41, 5.74) is 1.12. The van der Waals surface area contributed by atoms with Crippen LogP contribution >= 0.6 is 0 Å². The van der Waals surface area contributed by atoms with Crippen LogP contribution in [0.5, 0.6) is 5.75 Å². The van der Waals surface area contributed by atoms with Gasteiger partial charge in [-0.05, 0) is 31.5 Å². The summed E-state index contributed by atoms with van der Waals surface area (Å²) in [6, 6.07) is 7.82. The van der Waals surface area contributed by atoms with Crippen molar-refractivity contribution < 1.29 is 14.8 Å². The average Bonchev–Trinajstić information content (AvgIpc) is 2.28. The predicted molar refractivity (Wildman–Crippen MR) is 61.4 cm³/mol. The fraction of sp³-hybridized carbons (Fsp3) is 0.500. The van der Waals surface area contributed by atoms with Crippen molar-refractivity contribution >= 4 is 0 Å². The first-order valence-electron chi connectivity index (χ1n) is 5.41. The van der Waals surface area contributed by atoms with Gasteiger partial charge in [-0.2, -0.15) is 0 Å². The summed E-state index contributed by atoms with van der Waals surface area (Å²) in [4.78, 5) is 5.22. The highest BCUT2D eigenvalue weighted by molar-refractivity contribution is 5.28. The Morgan fingerprint density at radius 3 is 2.81 bits per heavy atom. The van der Waals surface area contributed by atoms with Crippen molar-refractivity contribution in [1.82, 2.24) is 5.23 Å². The second-order valence-electron chi connectivity index (χ2n) is 3.64. The Labute approximate surface area is 96.3 Å². The van der Waals surface area contributed by atoms with Crippen LogP contribution in [0.25, 0.3) is 0 Å². The van der Waals surface area contributed by atoms with E-state index in [1.54, 1.807) is 7.11 Å². The molecule has 1 aromatic carbocycles. The van der Waals surface area contributed by atoms with Crippen molar-refractivity contribution in [1.29, 1.82) is 0 Å². The van der Waals surface area contributed by atoms with E-state index in [4.69, 9.17) is 9.57 Å².